The van der Waals surface area contributed by atoms with Gasteiger partial charge >= 0.3 is 0 Å². The number of ether oxygens (including phenoxy) is 1. The number of aryl methyl sites for hydroxylation is 1. The largest absolute Gasteiger partial charge is 0.491 e. The first kappa shape index (κ1) is 16.6. The van der Waals surface area contributed by atoms with Gasteiger partial charge in [0.2, 0.25) is 5.91 Å². The fourth-order valence-corrected chi connectivity index (χ4v) is 2.58. The van der Waals surface area contributed by atoms with Crippen molar-refractivity contribution in [2.45, 2.75) is 26.3 Å². The average molecular weight is 362 g/mol. The minimum absolute atomic E-state index is 0.000941. The van der Waals surface area contributed by atoms with Crippen molar-refractivity contribution in [2.24, 2.45) is 0 Å². The van der Waals surface area contributed by atoms with Crippen LogP contribution in [-0.4, -0.2) is 18.6 Å². The maximum Gasteiger partial charge on any atom is 0.224 e. The summed E-state index contributed by atoms with van der Waals surface area (Å²) in [7, 11) is 0. The van der Waals surface area contributed by atoms with Crippen LogP contribution in [0.1, 0.15) is 18.1 Å². The maximum absolute atomic E-state index is 12.0. The Hall–Kier alpha value is -1.81. The van der Waals surface area contributed by atoms with Crippen LogP contribution in [0.15, 0.2) is 53.0 Å². The Morgan fingerprint density at radius 3 is 2.73 bits per heavy atom. The Morgan fingerprint density at radius 1 is 1.23 bits per heavy atom. The van der Waals surface area contributed by atoms with Crippen molar-refractivity contribution in [1.29, 1.82) is 0 Å². The summed E-state index contributed by atoms with van der Waals surface area (Å²) >= 11 is 3.41. The van der Waals surface area contributed by atoms with Crippen LogP contribution < -0.4 is 10.1 Å². The predicted octanol–water partition coefficient (Wildman–Crippen LogP) is 3.88. The van der Waals surface area contributed by atoms with E-state index in [9.17, 15) is 4.79 Å². The molecule has 4 heteroatoms. The number of para-hydroxylation sites is 1. The Balaban J connectivity index is 1.80. The molecule has 1 atom stereocenters. The van der Waals surface area contributed by atoms with E-state index in [1.54, 1.807) is 0 Å². The van der Waals surface area contributed by atoms with Crippen molar-refractivity contribution in [2.75, 3.05) is 6.61 Å². The third kappa shape index (κ3) is 5.19. The lowest BCUT2D eigenvalue weighted by Gasteiger charge is -2.16. The summed E-state index contributed by atoms with van der Waals surface area (Å²) in [5.74, 6) is 0.856. The number of halogens is 1. The topological polar surface area (TPSA) is 38.3 Å². The van der Waals surface area contributed by atoms with E-state index in [0.717, 1.165) is 21.3 Å². The lowest BCUT2D eigenvalue weighted by molar-refractivity contribution is -0.121. The van der Waals surface area contributed by atoms with Crippen LogP contribution in [0, 0.1) is 6.92 Å². The number of nitrogens with one attached hydrogen (secondary N) is 1. The van der Waals surface area contributed by atoms with E-state index in [1.807, 2.05) is 62.4 Å². The summed E-state index contributed by atoms with van der Waals surface area (Å²) in [5.41, 5.74) is 2.08. The van der Waals surface area contributed by atoms with Crippen LogP contribution >= 0.6 is 15.9 Å². The Bertz CT molecular complexity index is 642. The molecule has 1 amide bonds. The van der Waals surface area contributed by atoms with Crippen molar-refractivity contribution in [3.63, 3.8) is 0 Å². The summed E-state index contributed by atoms with van der Waals surface area (Å²) in [4.78, 5) is 12.0. The van der Waals surface area contributed by atoms with E-state index in [1.165, 1.54) is 0 Å². The maximum atomic E-state index is 12.0. The second kappa shape index (κ2) is 7.99. The van der Waals surface area contributed by atoms with Crippen molar-refractivity contribution in [3.8, 4) is 5.75 Å². The number of carbonyl (C=O) groups excluding carboxylic acids is 1. The number of hydrogen-bond donors (Lipinski definition) is 1. The molecular weight excluding hydrogens is 342 g/mol. The highest BCUT2D eigenvalue weighted by atomic mass is 79.9. The molecule has 0 fully saturated rings. The molecule has 1 N–H and O–H groups in total. The average Bonchev–Trinajstić information content (AvgIpc) is 2.46. The van der Waals surface area contributed by atoms with Gasteiger partial charge in [0.25, 0.3) is 0 Å². The summed E-state index contributed by atoms with van der Waals surface area (Å²) < 4.78 is 6.73. The van der Waals surface area contributed by atoms with E-state index < -0.39 is 0 Å². The Kier molecular flexibility index (Phi) is 6.01. The highest BCUT2D eigenvalue weighted by Gasteiger charge is 2.09. The first-order chi connectivity index (χ1) is 10.5. The van der Waals surface area contributed by atoms with E-state index in [4.69, 9.17) is 4.74 Å². The van der Waals surface area contributed by atoms with Gasteiger partial charge in [0.1, 0.15) is 12.4 Å². The SMILES string of the molecule is Cc1ccccc1OC[C@H](C)NC(=O)Cc1cccc(Br)c1. The quantitative estimate of drug-likeness (QED) is 0.847. The number of amides is 1. The van der Waals surface area contributed by atoms with E-state index in [-0.39, 0.29) is 11.9 Å². The number of carbonyl (C=O) groups is 1. The van der Waals surface area contributed by atoms with Gasteiger partial charge in [0.15, 0.2) is 0 Å². The standard InChI is InChI=1S/C18H20BrNO2/c1-13-6-3-4-9-17(13)22-12-14(2)20-18(21)11-15-7-5-8-16(19)10-15/h3-10,14H,11-12H2,1-2H3,(H,20,21)/t14-/m0/s1. The molecule has 0 aliphatic rings. The van der Waals surface area contributed by atoms with Gasteiger partial charge in [-0.1, -0.05) is 46.3 Å². The summed E-state index contributed by atoms with van der Waals surface area (Å²) in [6, 6.07) is 15.6. The summed E-state index contributed by atoms with van der Waals surface area (Å²) in [6.45, 7) is 4.40. The molecule has 0 saturated carbocycles. The van der Waals surface area contributed by atoms with E-state index >= 15 is 0 Å². The third-order valence-electron chi connectivity index (χ3n) is 3.24. The van der Waals surface area contributed by atoms with Gasteiger partial charge in [-0.05, 0) is 43.2 Å². The van der Waals surface area contributed by atoms with Crippen LogP contribution in [0.3, 0.4) is 0 Å². The van der Waals surface area contributed by atoms with Crippen molar-refractivity contribution in [1.82, 2.24) is 5.32 Å². The second-order valence-corrected chi connectivity index (χ2v) is 6.27. The molecule has 116 valence electrons. The number of hydrogen-bond acceptors (Lipinski definition) is 2. The highest BCUT2D eigenvalue weighted by Crippen LogP contribution is 2.16. The van der Waals surface area contributed by atoms with Gasteiger partial charge < -0.3 is 10.1 Å². The zero-order valence-electron chi connectivity index (χ0n) is 12.8. The van der Waals surface area contributed by atoms with Crippen LogP contribution in [0.5, 0.6) is 5.75 Å². The normalized spacial score (nSPS) is 11.8. The number of benzene rings is 2. The van der Waals surface area contributed by atoms with Gasteiger partial charge in [-0.3, -0.25) is 4.79 Å². The monoisotopic (exact) mass is 361 g/mol. The molecule has 2 rings (SSSR count). The minimum Gasteiger partial charge on any atom is -0.491 e. The number of rotatable bonds is 6. The van der Waals surface area contributed by atoms with Crippen molar-refractivity contribution >= 4 is 21.8 Å². The first-order valence-electron chi connectivity index (χ1n) is 7.27. The molecule has 0 aromatic heterocycles. The molecule has 0 heterocycles. The molecule has 2 aromatic carbocycles. The van der Waals surface area contributed by atoms with Crippen LogP contribution in [0.2, 0.25) is 0 Å². The summed E-state index contributed by atoms with van der Waals surface area (Å²) in [6.07, 6.45) is 0.369. The van der Waals surface area contributed by atoms with E-state index in [0.29, 0.717) is 13.0 Å². The van der Waals surface area contributed by atoms with Gasteiger partial charge in [-0.2, -0.15) is 0 Å². The Labute approximate surface area is 139 Å². The zero-order valence-corrected chi connectivity index (χ0v) is 14.4. The van der Waals surface area contributed by atoms with Gasteiger partial charge in [0.05, 0.1) is 12.5 Å². The molecular formula is C18H20BrNO2. The third-order valence-corrected chi connectivity index (χ3v) is 3.74. The molecule has 0 bridgehead atoms. The molecule has 22 heavy (non-hydrogen) atoms. The minimum atomic E-state index is -0.0424. The van der Waals surface area contributed by atoms with Gasteiger partial charge in [0, 0.05) is 4.47 Å². The lowest BCUT2D eigenvalue weighted by atomic mass is 10.1. The molecule has 0 radical (unpaired) electrons. The van der Waals surface area contributed by atoms with Gasteiger partial charge in [-0.25, -0.2) is 0 Å². The van der Waals surface area contributed by atoms with E-state index in [2.05, 4.69) is 21.2 Å². The van der Waals surface area contributed by atoms with Crippen LogP contribution in [0.25, 0.3) is 0 Å². The zero-order chi connectivity index (χ0) is 15.9. The molecule has 0 unspecified atom stereocenters. The van der Waals surface area contributed by atoms with Crippen molar-refractivity contribution < 1.29 is 9.53 Å². The Morgan fingerprint density at radius 2 is 2.00 bits per heavy atom. The fraction of sp³-hybridized carbons (Fsp3) is 0.278. The van der Waals surface area contributed by atoms with Crippen LogP contribution in [-0.2, 0) is 11.2 Å². The molecule has 0 saturated heterocycles. The van der Waals surface area contributed by atoms with Crippen molar-refractivity contribution in [3.05, 3.63) is 64.1 Å². The van der Waals surface area contributed by atoms with Crippen LogP contribution in [0.4, 0.5) is 0 Å². The highest BCUT2D eigenvalue weighted by molar-refractivity contribution is 9.10. The first-order valence-corrected chi connectivity index (χ1v) is 8.06. The summed E-state index contributed by atoms with van der Waals surface area (Å²) in [5, 5.41) is 2.96. The van der Waals surface area contributed by atoms with Gasteiger partial charge in [-0.15, -0.1) is 0 Å². The molecule has 2 aromatic rings. The predicted molar refractivity (Wildman–Crippen MR) is 92.1 cm³/mol. The molecule has 0 aliphatic heterocycles. The smallest absolute Gasteiger partial charge is 0.224 e. The second-order valence-electron chi connectivity index (χ2n) is 5.35. The lowest BCUT2D eigenvalue weighted by Crippen LogP contribution is -2.37. The molecule has 0 aliphatic carbocycles. The fourth-order valence-electron chi connectivity index (χ4n) is 2.13. The molecule has 3 nitrogen and oxygen atoms in total. The molecule has 0 spiro atoms.